The highest BCUT2D eigenvalue weighted by atomic mass is 16.2. The lowest BCUT2D eigenvalue weighted by atomic mass is 10.1. The highest BCUT2D eigenvalue weighted by Crippen LogP contribution is 2.06. The number of hydrazone groups is 1. The molecular formula is C16H17N3O. The first-order chi connectivity index (χ1) is 9.63. The van der Waals surface area contributed by atoms with Crippen molar-refractivity contribution in [2.45, 2.75) is 13.3 Å². The van der Waals surface area contributed by atoms with E-state index in [0.29, 0.717) is 5.69 Å². The second-order valence-electron chi connectivity index (χ2n) is 4.63. The Morgan fingerprint density at radius 3 is 2.70 bits per heavy atom. The zero-order valence-electron chi connectivity index (χ0n) is 11.3. The summed E-state index contributed by atoms with van der Waals surface area (Å²) in [6.45, 7) is 2.01. The van der Waals surface area contributed by atoms with E-state index in [0.717, 1.165) is 16.7 Å². The first-order valence-corrected chi connectivity index (χ1v) is 6.36. The predicted molar refractivity (Wildman–Crippen MR) is 81.5 cm³/mol. The van der Waals surface area contributed by atoms with Crippen molar-refractivity contribution in [2.75, 3.05) is 5.73 Å². The number of hydrogen-bond donors (Lipinski definition) is 2. The van der Waals surface area contributed by atoms with E-state index in [1.54, 1.807) is 18.3 Å². The fourth-order valence-electron chi connectivity index (χ4n) is 1.79. The van der Waals surface area contributed by atoms with Crippen LogP contribution < -0.4 is 11.2 Å². The average molecular weight is 267 g/mol. The van der Waals surface area contributed by atoms with Crippen LogP contribution in [0.3, 0.4) is 0 Å². The van der Waals surface area contributed by atoms with Gasteiger partial charge in [-0.3, -0.25) is 4.79 Å². The molecule has 0 aromatic heterocycles. The monoisotopic (exact) mass is 267 g/mol. The number of anilines is 1. The van der Waals surface area contributed by atoms with Gasteiger partial charge in [0.1, 0.15) is 0 Å². The minimum absolute atomic E-state index is 0.154. The van der Waals surface area contributed by atoms with E-state index in [-0.39, 0.29) is 12.3 Å². The number of carbonyl (C=O) groups excluding carboxylic acids is 1. The van der Waals surface area contributed by atoms with Crippen molar-refractivity contribution in [3.8, 4) is 0 Å². The summed E-state index contributed by atoms with van der Waals surface area (Å²) in [6, 6.07) is 15.1. The third-order valence-electron chi connectivity index (χ3n) is 2.79. The number of nitrogen functional groups attached to an aromatic ring is 1. The highest BCUT2D eigenvalue weighted by Gasteiger charge is 2.01. The molecule has 0 fully saturated rings. The molecule has 0 heterocycles. The molecule has 0 saturated heterocycles. The van der Waals surface area contributed by atoms with Crippen molar-refractivity contribution in [3.63, 3.8) is 0 Å². The molecule has 4 heteroatoms. The van der Waals surface area contributed by atoms with Crippen molar-refractivity contribution >= 4 is 17.8 Å². The van der Waals surface area contributed by atoms with Gasteiger partial charge in [-0.05, 0) is 30.2 Å². The summed E-state index contributed by atoms with van der Waals surface area (Å²) >= 11 is 0. The fraction of sp³-hybridized carbons (Fsp3) is 0.125. The van der Waals surface area contributed by atoms with Crippen LogP contribution in [0.1, 0.15) is 16.7 Å². The second kappa shape index (κ2) is 6.52. The minimum atomic E-state index is -0.154. The normalized spacial score (nSPS) is 10.7. The maximum absolute atomic E-state index is 11.7. The zero-order valence-corrected chi connectivity index (χ0v) is 11.3. The number of hydrogen-bond acceptors (Lipinski definition) is 3. The van der Waals surface area contributed by atoms with E-state index in [1.165, 1.54) is 0 Å². The van der Waals surface area contributed by atoms with Gasteiger partial charge in [0, 0.05) is 5.69 Å². The number of aryl methyl sites for hydroxylation is 1. The van der Waals surface area contributed by atoms with Gasteiger partial charge in [-0.2, -0.15) is 5.10 Å². The van der Waals surface area contributed by atoms with E-state index in [9.17, 15) is 4.79 Å². The summed E-state index contributed by atoms with van der Waals surface area (Å²) in [5.74, 6) is -0.154. The summed E-state index contributed by atoms with van der Waals surface area (Å²) in [7, 11) is 0. The standard InChI is InChI=1S/C16H17N3O/c1-12-3-2-4-14(9-12)11-18-19-16(20)10-13-5-7-15(17)8-6-13/h2-9,11H,10,17H2,1H3,(H,19,20)/b18-11-. The molecule has 0 saturated carbocycles. The third-order valence-corrected chi connectivity index (χ3v) is 2.79. The van der Waals surface area contributed by atoms with E-state index in [4.69, 9.17) is 5.73 Å². The van der Waals surface area contributed by atoms with Gasteiger partial charge >= 0.3 is 0 Å². The van der Waals surface area contributed by atoms with E-state index in [2.05, 4.69) is 10.5 Å². The van der Waals surface area contributed by atoms with Gasteiger partial charge in [0.25, 0.3) is 0 Å². The van der Waals surface area contributed by atoms with Gasteiger partial charge in [0.15, 0.2) is 0 Å². The molecule has 4 nitrogen and oxygen atoms in total. The Morgan fingerprint density at radius 2 is 2.00 bits per heavy atom. The summed E-state index contributed by atoms with van der Waals surface area (Å²) in [6.07, 6.45) is 1.92. The molecule has 0 spiro atoms. The molecule has 102 valence electrons. The van der Waals surface area contributed by atoms with Crippen LogP contribution in [0.4, 0.5) is 5.69 Å². The maximum atomic E-state index is 11.7. The van der Waals surface area contributed by atoms with E-state index < -0.39 is 0 Å². The Kier molecular flexibility index (Phi) is 4.50. The largest absolute Gasteiger partial charge is 0.399 e. The SMILES string of the molecule is Cc1cccc(/C=N\NC(=O)Cc2ccc(N)cc2)c1. The number of benzene rings is 2. The summed E-state index contributed by atoms with van der Waals surface area (Å²) in [5.41, 5.74) is 11.8. The molecule has 2 aromatic rings. The lowest BCUT2D eigenvalue weighted by molar-refractivity contribution is -0.120. The van der Waals surface area contributed by atoms with Crippen LogP contribution in [0.2, 0.25) is 0 Å². The van der Waals surface area contributed by atoms with Crippen LogP contribution in [0.5, 0.6) is 0 Å². The van der Waals surface area contributed by atoms with Gasteiger partial charge in [0.05, 0.1) is 12.6 Å². The molecule has 0 aliphatic heterocycles. The number of nitrogens with zero attached hydrogens (tertiary/aromatic N) is 1. The molecule has 1 amide bonds. The van der Waals surface area contributed by atoms with Crippen LogP contribution in [0.15, 0.2) is 53.6 Å². The Balaban J connectivity index is 1.87. The van der Waals surface area contributed by atoms with E-state index in [1.807, 2.05) is 43.3 Å². The summed E-state index contributed by atoms with van der Waals surface area (Å²) in [5, 5.41) is 3.95. The number of rotatable bonds is 4. The molecule has 0 unspecified atom stereocenters. The fourth-order valence-corrected chi connectivity index (χ4v) is 1.79. The zero-order chi connectivity index (χ0) is 14.4. The Bertz CT molecular complexity index is 618. The highest BCUT2D eigenvalue weighted by molar-refractivity contribution is 5.83. The van der Waals surface area contributed by atoms with Gasteiger partial charge in [-0.1, -0.05) is 42.0 Å². The molecule has 2 rings (SSSR count). The molecular weight excluding hydrogens is 250 g/mol. The van der Waals surface area contributed by atoms with Crippen LogP contribution in [0, 0.1) is 6.92 Å². The lowest BCUT2D eigenvalue weighted by Gasteiger charge is -2.01. The Morgan fingerprint density at radius 1 is 1.25 bits per heavy atom. The molecule has 2 aromatic carbocycles. The summed E-state index contributed by atoms with van der Waals surface area (Å²) in [4.78, 5) is 11.7. The van der Waals surface area contributed by atoms with Crippen LogP contribution in [0.25, 0.3) is 0 Å². The van der Waals surface area contributed by atoms with Crippen molar-refractivity contribution < 1.29 is 4.79 Å². The number of nitrogens with one attached hydrogen (secondary N) is 1. The number of carbonyl (C=O) groups is 1. The smallest absolute Gasteiger partial charge is 0.244 e. The molecule has 20 heavy (non-hydrogen) atoms. The van der Waals surface area contributed by atoms with Crippen molar-refractivity contribution in [2.24, 2.45) is 5.10 Å². The molecule has 0 radical (unpaired) electrons. The molecule has 0 aliphatic rings. The molecule has 0 atom stereocenters. The maximum Gasteiger partial charge on any atom is 0.244 e. The first-order valence-electron chi connectivity index (χ1n) is 6.36. The van der Waals surface area contributed by atoms with Gasteiger partial charge < -0.3 is 5.73 Å². The quantitative estimate of drug-likeness (QED) is 0.507. The topological polar surface area (TPSA) is 67.5 Å². The van der Waals surface area contributed by atoms with Crippen molar-refractivity contribution in [1.82, 2.24) is 5.43 Å². The molecule has 3 N–H and O–H groups in total. The van der Waals surface area contributed by atoms with Gasteiger partial charge in [-0.15, -0.1) is 0 Å². The molecule has 0 aliphatic carbocycles. The summed E-state index contributed by atoms with van der Waals surface area (Å²) < 4.78 is 0. The first kappa shape index (κ1) is 13.8. The van der Waals surface area contributed by atoms with Crippen LogP contribution in [-0.4, -0.2) is 12.1 Å². The predicted octanol–water partition coefficient (Wildman–Crippen LogP) is 2.27. The van der Waals surface area contributed by atoms with E-state index >= 15 is 0 Å². The van der Waals surface area contributed by atoms with Crippen LogP contribution >= 0.6 is 0 Å². The second-order valence-corrected chi connectivity index (χ2v) is 4.63. The van der Waals surface area contributed by atoms with Gasteiger partial charge in [-0.25, -0.2) is 5.43 Å². The Hall–Kier alpha value is -2.62. The number of nitrogens with two attached hydrogens (primary N) is 1. The minimum Gasteiger partial charge on any atom is -0.399 e. The van der Waals surface area contributed by atoms with Crippen molar-refractivity contribution in [3.05, 3.63) is 65.2 Å². The van der Waals surface area contributed by atoms with Crippen LogP contribution in [-0.2, 0) is 11.2 Å². The lowest BCUT2D eigenvalue weighted by Crippen LogP contribution is -2.19. The Labute approximate surface area is 118 Å². The third kappa shape index (κ3) is 4.24. The number of amides is 1. The van der Waals surface area contributed by atoms with Gasteiger partial charge in [0.2, 0.25) is 5.91 Å². The average Bonchev–Trinajstić information content (AvgIpc) is 2.41. The van der Waals surface area contributed by atoms with Crippen molar-refractivity contribution in [1.29, 1.82) is 0 Å². The molecule has 0 bridgehead atoms.